The first kappa shape index (κ1) is 15.8. The van der Waals surface area contributed by atoms with Gasteiger partial charge in [0.05, 0.1) is 13.7 Å². The number of halogens is 1. The van der Waals surface area contributed by atoms with E-state index in [2.05, 4.69) is 5.32 Å². The van der Waals surface area contributed by atoms with Crippen LogP contribution in [0, 0.1) is 5.82 Å². The van der Waals surface area contributed by atoms with Gasteiger partial charge in [-0.05, 0) is 42.8 Å². The molecule has 0 radical (unpaired) electrons. The van der Waals surface area contributed by atoms with Crippen molar-refractivity contribution in [2.45, 2.75) is 13.5 Å². The molecule has 0 aliphatic heterocycles. The van der Waals surface area contributed by atoms with Crippen LogP contribution in [0.1, 0.15) is 22.8 Å². The lowest BCUT2D eigenvalue weighted by Gasteiger charge is -2.08. The summed E-state index contributed by atoms with van der Waals surface area (Å²) in [4.78, 5) is 12.0. The van der Waals surface area contributed by atoms with Crippen molar-refractivity contribution in [3.05, 3.63) is 59.4 Å². The molecule has 0 saturated carbocycles. The normalized spacial score (nSPS) is 10.1. The SMILES string of the molecule is CCOc1ccc(C(=O)NCc2ccc(OC)cc2)cc1F. The number of hydrogen-bond donors (Lipinski definition) is 1. The van der Waals surface area contributed by atoms with Crippen molar-refractivity contribution in [1.29, 1.82) is 0 Å². The molecule has 2 aromatic rings. The number of methoxy groups -OCH3 is 1. The van der Waals surface area contributed by atoms with Gasteiger partial charge in [0.15, 0.2) is 11.6 Å². The predicted molar refractivity (Wildman–Crippen MR) is 81.7 cm³/mol. The zero-order valence-corrected chi connectivity index (χ0v) is 12.6. The molecule has 0 saturated heterocycles. The van der Waals surface area contributed by atoms with Gasteiger partial charge in [-0.25, -0.2) is 4.39 Å². The van der Waals surface area contributed by atoms with Crippen LogP contribution in [-0.2, 0) is 6.54 Å². The first-order valence-electron chi connectivity index (χ1n) is 6.97. The number of amides is 1. The predicted octanol–water partition coefficient (Wildman–Crippen LogP) is 3.16. The number of nitrogens with one attached hydrogen (secondary N) is 1. The maximum Gasteiger partial charge on any atom is 0.251 e. The Bertz CT molecular complexity index is 641. The highest BCUT2D eigenvalue weighted by Gasteiger charge is 2.10. The molecule has 0 fully saturated rings. The monoisotopic (exact) mass is 303 g/mol. The lowest BCUT2D eigenvalue weighted by Crippen LogP contribution is -2.22. The molecule has 5 heteroatoms. The Morgan fingerprint density at radius 1 is 1.18 bits per heavy atom. The van der Waals surface area contributed by atoms with Crippen molar-refractivity contribution in [2.75, 3.05) is 13.7 Å². The van der Waals surface area contributed by atoms with E-state index in [4.69, 9.17) is 9.47 Å². The van der Waals surface area contributed by atoms with E-state index in [0.29, 0.717) is 13.2 Å². The maximum absolute atomic E-state index is 13.7. The number of hydrogen-bond acceptors (Lipinski definition) is 3. The third-order valence-electron chi connectivity index (χ3n) is 3.11. The van der Waals surface area contributed by atoms with Gasteiger partial charge in [-0.2, -0.15) is 0 Å². The summed E-state index contributed by atoms with van der Waals surface area (Å²) in [7, 11) is 1.59. The molecule has 4 nitrogen and oxygen atoms in total. The summed E-state index contributed by atoms with van der Waals surface area (Å²) in [5.41, 5.74) is 1.19. The molecule has 0 aliphatic carbocycles. The van der Waals surface area contributed by atoms with Crippen molar-refractivity contribution >= 4 is 5.91 Å². The highest BCUT2D eigenvalue weighted by Crippen LogP contribution is 2.18. The Labute approximate surface area is 128 Å². The van der Waals surface area contributed by atoms with Gasteiger partial charge >= 0.3 is 0 Å². The minimum atomic E-state index is -0.543. The van der Waals surface area contributed by atoms with Crippen LogP contribution in [-0.4, -0.2) is 19.6 Å². The van der Waals surface area contributed by atoms with Crippen molar-refractivity contribution in [3.63, 3.8) is 0 Å². The van der Waals surface area contributed by atoms with E-state index in [0.717, 1.165) is 11.3 Å². The Morgan fingerprint density at radius 3 is 2.50 bits per heavy atom. The van der Waals surface area contributed by atoms with Gasteiger partial charge in [0.2, 0.25) is 0 Å². The number of ether oxygens (including phenoxy) is 2. The fraction of sp³-hybridized carbons (Fsp3) is 0.235. The topological polar surface area (TPSA) is 47.6 Å². The molecule has 0 heterocycles. The van der Waals surface area contributed by atoms with E-state index >= 15 is 0 Å². The minimum absolute atomic E-state index is 0.147. The first-order valence-corrected chi connectivity index (χ1v) is 6.97. The summed E-state index contributed by atoms with van der Waals surface area (Å²) < 4.78 is 23.9. The van der Waals surface area contributed by atoms with Gasteiger partial charge in [0.1, 0.15) is 5.75 Å². The Hall–Kier alpha value is -2.56. The lowest BCUT2D eigenvalue weighted by molar-refractivity contribution is 0.0950. The Kier molecular flexibility index (Phi) is 5.36. The van der Waals surface area contributed by atoms with E-state index < -0.39 is 5.82 Å². The molecule has 1 N–H and O–H groups in total. The zero-order valence-electron chi connectivity index (χ0n) is 12.6. The number of rotatable bonds is 6. The zero-order chi connectivity index (χ0) is 15.9. The summed E-state index contributed by atoms with van der Waals surface area (Å²) >= 11 is 0. The molecular formula is C17H18FNO3. The Balaban J connectivity index is 1.98. The van der Waals surface area contributed by atoms with Gasteiger partial charge in [-0.15, -0.1) is 0 Å². The van der Waals surface area contributed by atoms with Gasteiger partial charge in [-0.1, -0.05) is 12.1 Å². The van der Waals surface area contributed by atoms with Crippen LogP contribution in [0.2, 0.25) is 0 Å². The summed E-state index contributed by atoms with van der Waals surface area (Å²) in [5, 5.41) is 2.74. The van der Waals surface area contributed by atoms with Crippen LogP contribution in [0.5, 0.6) is 11.5 Å². The smallest absolute Gasteiger partial charge is 0.251 e. The molecule has 0 bridgehead atoms. The summed E-state index contributed by atoms with van der Waals surface area (Å²) in [6.45, 7) is 2.51. The van der Waals surface area contributed by atoms with E-state index in [1.54, 1.807) is 14.0 Å². The average molecular weight is 303 g/mol. The minimum Gasteiger partial charge on any atom is -0.497 e. The average Bonchev–Trinajstić information content (AvgIpc) is 2.55. The first-order chi connectivity index (χ1) is 10.6. The summed E-state index contributed by atoms with van der Waals surface area (Å²) in [5.74, 6) is 0.0228. The van der Waals surface area contributed by atoms with Crippen LogP contribution >= 0.6 is 0 Å². The van der Waals surface area contributed by atoms with Gasteiger partial charge < -0.3 is 14.8 Å². The number of carbonyl (C=O) groups excluding carboxylic acids is 1. The highest BCUT2D eigenvalue weighted by atomic mass is 19.1. The lowest BCUT2D eigenvalue weighted by atomic mass is 10.1. The van der Waals surface area contributed by atoms with Gasteiger partial charge in [-0.3, -0.25) is 4.79 Å². The number of carbonyl (C=O) groups is 1. The fourth-order valence-electron chi connectivity index (χ4n) is 1.94. The molecule has 0 unspecified atom stereocenters. The Morgan fingerprint density at radius 2 is 1.91 bits per heavy atom. The summed E-state index contributed by atoms with van der Waals surface area (Å²) in [6.07, 6.45) is 0. The standard InChI is InChI=1S/C17H18FNO3/c1-3-22-16-9-6-13(10-15(16)18)17(20)19-11-12-4-7-14(21-2)8-5-12/h4-10H,3,11H2,1-2H3,(H,19,20). The van der Waals surface area contributed by atoms with E-state index in [1.165, 1.54) is 18.2 Å². The second-order valence-electron chi connectivity index (χ2n) is 4.61. The molecule has 2 aromatic carbocycles. The molecule has 0 atom stereocenters. The van der Waals surface area contributed by atoms with E-state index in [1.807, 2.05) is 24.3 Å². The van der Waals surface area contributed by atoms with Crippen LogP contribution in [0.4, 0.5) is 4.39 Å². The van der Waals surface area contributed by atoms with Crippen molar-refractivity contribution in [3.8, 4) is 11.5 Å². The molecule has 2 rings (SSSR count). The second-order valence-corrected chi connectivity index (χ2v) is 4.61. The highest BCUT2D eigenvalue weighted by molar-refractivity contribution is 5.94. The largest absolute Gasteiger partial charge is 0.497 e. The molecule has 0 aromatic heterocycles. The van der Waals surface area contributed by atoms with Crippen molar-refractivity contribution in [1.82, 2.24) is 5.32 Å². The molecule has 1 amide bonds. The molecular weight excluding hydrogens is 285 g/mol. The fourth-order valence-corrected chi connectivity index (χ4v) is 1.94. The third-order valence-corrected chi connectivity index (χ3v) is 3.11. The van der Waals surface area contributed by atoms with Gasteiger partial charge in [0, 0.05) is 12.1 Å². The quantitative estimate of drug-likeness (QED) is 0.891. The second kappa shape index (κ2) is 7.45. The van der Waals surface area contributed by atoms with Crippen LogP contribution in [0.3, 0.4) is 0 Å². The van der Waals surface area contributed by atoms with Crippen LogP contribution in [0.25, 0.3) is 0 Å². The maximum atomic E-state index is 13.7. The third kappa shape index (κ3) is 3.97. The van der Waals surface area contributed by atoms with Crippen LogP contribution in [0.15, 0.2) is 42.5 Å². The van der Waals surface area contributed by atoms with Crippen molar-refractivity contribution in [2.24, 2.45) is 0 Å². The van der Waals surface area contributed by atoms with E-state index in [-0.39, 0.29) is 17.2 Å². The molecule has 22 heavy (non-hydrogen) atoms. The summed E-state index contributed by atoms with van der Waals surface area (Å²) in [6, 6.07) is 11.5. The van der Waals surface area contributed by atoms with Crippen molar-refractivity contribution < 1.29 is 18.7 Å². The molecule has 0 spiro atoms. The number of benzene rings is 2. The van der Waals surface area contributed by atoms with E-state index in [9.17, 15) is 9.18 Å². The van der Waals surface area contributed by atoms with Crippen LogP contribution < -0.4 is 14.8 Å². The van der Waals surface area contributed by atoms with Gasteiger partial charge in [0.25, 0.3) is 5.91 Å². The molecule has 116 valence electrons. The molecule has 0 aliphatic rings.